The molecule has 21 heavy (non-hydrogen) atoms. The number of hydrogen-bond donors (Lipinski definition) is 1. The second-order valence-corrected chi connectivity index (χ2v) is 4.79. The molecule has 0 unspecified atom stereocenters. The van der Waals surface area contributed by atoms with Crippen molar-refractivity contribution < 1.29 is 9.53 Å². The van der Waals surface area contributed by atoms with Gasteiger partial charge in [-0.25, -0.2) is 14.8 Å². The third kappa shape index (κ3) is 3.37. The molecule has 1 aromatic carbocycles. The zero-order valence-corrected chi connectivity index (χ0v) is 12.7. The van der Waals surface area contributed by atoms with Crippen molar-refractivity contribution in [3.05, 3.63) is 46.8 Å². The average Bonchev–Trinajstić information content (AvgIpc) is 2.44. The quantitative estimate of drug-likeness (QED) is 0.873. The summed E-state index contributed by atoms with van der Waals surface area (Å²) >= 11 is 0. The molecule has 0 aliphatic heterocycles. The van der Waals surface area contributed by atoms with Crippen LogP contribution in [0.15, 0.2) is 24.4 Å². The van der Waals surface area contributed by atoms with Gasteiger partial charge in [0, 0.05) is 11.9 Å². The molecule has 0 amide bonds. The first-order valence-corrected chi connectivity index (χ1v) is 6.87. The highest BCUT2D eigenvalue weighted by Crippen LogP contribution is 2.21. The van der Waals surface area contributed by atoms with Crippen LogP contribution in [0, 0.1) is 20.8 Å². The van der Waals surface area contributed by atoms with E-state index in [0.29, 0.717) is 23.8 Å². The van der Waals surface area contributed by atoms with E-state index in [0.717, 1.165) is 11.3 Å². The van der Waals surface area contributed by atoms with Gasteiger partial charge in [-0.3, -0.25) is 0 Å². The molecule has 0 bridgehead atoms. The number of nitrogens with zero attached hydrogens (tertiary/aromatic N) is 2. The monoisotopic (exact) mass is 285 g/mol. The molecule has 0 spiro atoms. The lowest BCUT2D eigenvalue weighted by Crippen LogP contribution is -2.10. The summed E-state index contributed by atoms with van der Waals surface area (Å²) in [6.45, 7) is 7.96. The Labute approximate surface area is 124 Å². The molecule has 2 rings (SSSR count). The molecule has 0 aliphatic carbocycles. The minimum Gasteiger partial charge on any atom is -0.462 e. The molecule has 1 N–H and O–H groups in total. The van der Waals surface area contributed by atoms with E-state index in [4.69, 9.17) is 4.74 Å². The highest BCUT2D eigenvalue weighted by molar-refractivity contribution is 5.90. The third-order valence-electron chi connectivity index (χ3n) is 3.33. The number of aryl methyl sites for hydroxylation is 2. The Hall–Kier alpha value is -2.43. The smallest absolute Gasteiger partial charge is 0.341 e. The predicted molar refractivity (Wildman–Crippen MR) is 81.9 cm³/mol. The second-order valence-electron chi connectivity index (χ2n) is 4.79. The zero-order chi connectivity index (χ0) is 15.4. The van der Waals surface area contributed by atoms with Crippen LogP contribution in [-0.2, 0) is 4.74 Å². The highest BCUT2D eigenvalue weighted by Gasteiger charge is 2.13. The standard InChI is InChI=1S/C16H19N3O2/c1-5-21-15(20)13-9-17-16(18-12(13)4)19-14-8-6-7-10(2)11(14)3/h6-9H,5H2,1-4H3,(H,17,18,19). The molecule has 1 aromatic heterocycles. The highest BCUT2D eigenvalue weighted by atomic mass is 16.5. The number of ether oxygens (including phenoxy) is 1. The van der Waals surface area contributed by atoms with Crippen LogP contribution in [-0.4, -0.2) is 22.5 Å². The number of anilines is 2. The van der Waals surface area contributed by atoms with Crippen molar-refractivity contribution in [2.75, 3.05) is 11.9 Å². The fraction of sp³-hybridized carbons (Fsp3) is 0.312. The van der Waals surface area contributed by atoms with Crippen molar-refractivity contribution in [2.24, 2.45) is 0 Å². The summed E-state index contributed by atoms with van der Waals surface area (Å²) in [4.78, 5) is 20.2. The molecule has 5 heteroatoms. The topological polar surface area (TPSA) is 64.1 Å². The number of aromatic nitrogens is 2. The summed E-state index contributed by atoms with van der Waals surface area (Å²) in [5, 5.41) is 3.18. The summed E-state index contributed by atoms with van der Waals surface area (Å²) in [6, 6.07) is 6.00. The van der Waals surface area contributed by atoms with E-state index in [1.807, 2.05) is 19.1 Å². The van der Waals surface area contributed by atoms with Gasteiger partial charge >= 0.3 is 5.97 Å². The fourth-order valence-corrected chi connectivity index (χ4v) is 1.94. The minimum absolute atomic E-state index is 0.334. The van der Waals surface area contributed by atoms with Gasteiger partial charge in [0.05, 0.1) is 17.9 Å². The van der Waals surface area contributed by atoms with Crippen LogP contribution >= 0.6 is 0 Å². The first-order chi connectivity index (χ1) is 10.0. The van der Waals surface area contributed by atoms with Gasteiger partial charge < -0.3 is 10.1 Å². The Morgan fingerprint density at radius 1 is 1.29 bits per heavy atom. The van der Waals surface area contributed by atoms with E-state index in [-0.39, 0.29) is 0 Å². The molecule has 0 atom stereocenters. The first kappa shape index (κ1) is 15.0. The van der Waals surface area contributed by atoms with E-state index >= 15 is 0 Å². The molecule has 0 radical (unpaired) electrons. The van der Waals surface area contributed by atoms with Gasteiger partial charge in [-0.1, -0.05) is 12.1 Å². The zero-order valence-electron chi connectivity index (χ0n) is 12.7. The van der Waals surface area contributed by atoms with Gasteiger partial charge in [-0.15, -0.1) is 0 Å². The van der Waals surface area contributed by atoms with Crippen LogP contribution in [0.3, 0.4) is 0 Å². The third-order valence-corrected chi connectivity index (χ3v) is 3.33. The van der Waals surface area contributed by atoms with Crippen LogP contribution in [0.2, 0.25) is 0 Å². The Kier molecular flexibility index (Phi) is 4.52. The molecule has 0 saturated heterocycles. The molecule has 1 heterocycles. The fourth-order valence-electron chi connectivity index (χ4n) is 1.94. The van der Waals surface area contributed by atoms with Gasteiger partial charge in [0.25, 0.3) is 0 Å². The lowest BCUT2D eigenvalue weighted by molar-refractivity contribution is 0.0524. The van der Waals surface area contributed by atoms with Crippen LogP contribution < -0.4 is 5.32 Å². The maximum absolute atomic E-state index is 11.7. The number of carbonyl (C=O) groups excluding carboxylic acids is 1. The number of rotatable bonds is 4. The number of esters is 1. The second kappa shape index (κ2) is 6.35. The van der Waals surface area contributed by atoms with Crippen molar-refractivity contribution in [1.82, 2.24) is 9.97 Å². The molecule has 0 fully saturated rings. The summed E-state index contributed by atoms with van der Waals surface area (Å²) < 4.78 is 4.96. The Balaban J connectivity index is 2.24. The number of benzene rings is 1. The lowest BCUT2D eigenvalue weighted by Gasteiger charge is -2.11. The van der Waals surface area contributed by atoms with E-state index in [2.05, 4.69) is 28.3 Å². The predicted octanol–water partition coefficient (Wildman–Crippen LogP) is 3.32. The molecule has 0 aliphatic rings. The Morgan fingerprint density at radius 3 is 2.71 bits per heavy atom. The van der Waals surface area contributed by atoms with E-state index < -0.39 is 5.97 Å². The van der Waals surface area contributed by atoms with Gasteiger partial charge in [0.15, 0.2) is 0 Å². The number of carbonyl (C=O) groups is 1. The molecule has 110 valence electrons. The average molecular weight is 285 g/mol. The van der Waals surface area contributed by atoms with Crippen LogP contribution in [0.4, 0.5) is 11.6 Å². The molecule has 5 nitrogen and oxygen atoms in total. The van der Waals surface area contributed by atoms with E-state index in [1.54, 1.807) is 13.8 Å². The van der Waals surface area contributed by atoms with Crippen molar-refractivity contribution in [1.29, 1.82) is 0 Å². The summed E-state index contributed by atoms with van der Waals surface area (Å²) in [5.41, 5.74) is 4.28. The minimum atomic E-state index is -0.395. The van der Waals surface area contributed by atoms with Crippen LogP contribution in [0.25, 0.3) is 0 Å². The number of hydrogen-bond acceptors (Lipinski definition) is 5. The Morgan fingerprint density at radius 2 is 2.05 bits per heavy atom. The summed E-state index contributed by atoms with van der Waals surface area (Å²) in [5.74, 6) is 0.0718. The maximum atomic E-state index is 11.7. The van der Waals surface area contributed by atoms with E-state index in [1.165, 1.54) is 11.8 Å². The molecule has 0 saturated carbocycles. The van der Waals surface area contributed by atoms with Gasteiger partial charge in [0.2, 0.25) is 5.95 Å². The van der Waals surface area contributed by atoms with Crippen molar-refractivity contribution in [3.8, 4) is 0 Å². The number of nitrogens with one attached hydrogen (secondary N) is 1. The summed E-state index contributed by atoms with van der Waals surface area (Å²) in [7, 11) is 0. The molecular weight excluding hydrogens is 266 g/mol. The van der Waals surface area contributed by atoms with Crippen LogP contribution in [0.5, 0.6) is 0 Å². The normalized spacial score (nSPS) is 10.3. The van der Waals surface area contributed by atoms with Crippen molar-refractivity contribution in [3.63, 3.8) is 0 Å². The molecular formula is C16H19N3O2. The lowest BCUT2D eigenvalue weighted by atomic mass is 10.1. The van der Waals surface area contributed by atoms with Crippen molar-refractivity contribution in [2.45, 2.75) is 27.7 Å². The molecule has 2 aromatic rings. The Bertz CT molecular complexity index is 669. The van der Waals surface area contributed by atoms with Crippen molar-refractivity contribution >= 4 is 17.6 Å². The van der Waals surface area contributed by atoms with Crippen LogP contribution in [0.1, 0.15) is 34.1 Å². The first-order valence-electron chi connectivity index (χ1n) is 6.87. The van der Waals surface area contributed by atoms with Gasteiger partial charge in [-0.2, -0.15) is 0 Å². The SMILES string of the molecule is CCOC(=O)c1cnc(Nc2cccc(C)c2C)nc1C. The van der Waals surface area contributed by atoms with E-state index in [9.17, 15) is 4.79 Å². The van der Waals surface area contributed by atoms with Gasteiger partial charge in [-0.05, 0) is 44.9 Å². The van der Waals surface area contributed by atoms with Gasteiger partial charge in [0.1, 0.15) is 0 Å². The largest absolute Gasteiger partial charge is 0.462 e. The summed E-state index contributed by atoms with van der Waals surface area (Å²) in [6.07, 6.45) is 1.49. The maximum Gasteiger partial charge on any atom is 0.341 e.